The van der Waals surface area contributed by atoms with Crippen LogP contribution in [-0.4, -0.2) is 50.0 Å². The first-order valence-corrected chi connectivity index (χ1v) is 7.23. The average molecular weight is 339 g/mol. The third kappa shape index (κ3) is 4.98. The summed E-state index contributed by atoms with van der Waals surface area (Å²) in [6.45, 7) is 0. The molecule has 0 fully saturated rings. The molecule has 0 saturated carbocycles. The first-order chi connectivity index (χ1) is 12.2. The number of para-hydroxylation sites is 2. The van der Waals surface area contributed by atoms with Crippen LogP contribution in [0.25, 0.3) is 0 Å². The molecular weight excluding hydrogens is 322 g/mol. The number of phenolic OH excluding ortho intramolecular Hbond substituents is 2. The summed E-state index contributed by atoms with van der Waals surface area (Å²) in [6, 6.07) is 13.6. The van der Waals surface area contributed by atoms with Crippen LogP contribution in [0.4, 0.5) is 11.9 Å². The molecule has 25 heavy (non-hydrogen) atoms. The van der Waals surface area contributed by atoms with Gasteiger partial charge in [-0.25, -0.2) is 15.1 Å². The Hall–Kier alpha value is -3.52. The van der Waals surface area contributed by atoms with Crippen LogP contribution in [0.2, 0.25) is 0 Å². The van der Waals surface area contributed by atoms with E-state index in [9.17, 15) is 10.2 Å². The fourth-order valence-electron chi connectivity index (χ4n) is 1.81. The summed E-state index contributed by atoms with van der Waals surface area (Å²) in [6.07, 6.45) is 2.95. The highest BCUT2D eigenvalue weighted by molar-refractivity contribution is 5.85. The Morgan fingerprint density at radius 1 is 0.840 bits per heavy atom. The Kier molecular flexibility index (Phi) is 6.38. The number of aliphatic hydroxyl groups excluding tert-OH is 1. The standard InChI is InChI=1S/C16H13N5O2.CH4O/c22-13-7-3-1-5-11(13)9-17-15-19-16(21-20-15)18-10-12-6-2-4-8-14(12)23;1-2/h1-10,22-23H,(H,19,20,21);2H,1H3/b17-9+,18-10+;. The molecule has 1 aromatic heterocycles. The monoisotopic (exact) mass is 339 g/mol. The normalized spacial score (nSPS) is 10.8. The van der Waals surface area contributed by atoms with Gasteiger partial charge in [0.05, 0.1) is 0 Å². The van der Waals surface area contributed by atoms with Gasteiger partial charge in [0.25, 0.3) is 5.95 Å². The number of phenols is 2. The van der Waals surface area contributed by atoms with Crippen LogP contribution in [0, 0.1) is 0 Å². The van der Waals surface area contributed by atoms with Gasteiger partial charge in [0.15, 0.2) is 0 Å². The Balaban J connectivity index is 0.00000109. The van der Waals surface area contributed by atoms with Crippen molar-refractivity contribution in [2.45, 2.75) is 0 Å². The van der Waals surface area contributed by atoms with E-state index < -0.39 is 0 Å². The molecule has 0 unspecified atom stereocenters. The molecule has 8 nitrogen and oxygen atoms in total. The van der Waals surface area contributed by atoms with E-state index in [4.69, 9.17) is 5.11 Å². The second-order valence-corrected chi connectivity index (χ2v) is 4.59. The molecule has 0 bridgehead atoms. The summed E-state index contributed by atoms with van der Waals surface area (Å²) in [5.41, 5.74) is 1.14. The predicted octanol–water partition coefficient (Wildman–Crippen LogP) is 2.33. The lowest BCUT2D eigenvalue weighted by molar-refractivity contribution is 0.399. The number of hydrogen-bond donors (Lipinski definition) is 4. The highest BCUT2D eigenvalue weighted by atomic mass is 16.3. The molecule has 128 valence electrons. The van der Waals surface area contributed by atoms with Gasteiger partial charge in [0, 0.05) is 30.7 Å². The van der Waals surface area contributed by atoms with Crippen molar-refractivity contribution in [1.82, 2.24) is 15.2 Å². The minimum atomic E-state index is 0.129. The maximum absolute atomic E-state index is 9.65. The van der Waals surface area contributed by atoms with Gasteiger partial charge >= 0.3 is 0 Å². The predicted molar refractivity (Wildman–Crippen MR) is 95.2 cm³/mol. The molecule has 0 aliphatic rings. The number of aromatic hydroxyl groups is 2. The first kappa shape index (κ1) is 17.8. The maximum atomic E-state index is 9.65. The largest absolute Gasteiger partial charge is 0.507 e. The molecule has 4 N–H and O–H groups in total. The molecule has 0 saturated heterocycles. The molecule has 1 heterocycles. The smallest absolute Gasteiger partial charge is 0.269 e. The van der Waals surface area contributed by atoms with Gasteiger partial charge in [-0.05, 0) is 24.3 Å². The van der Waals surface area contributed by atoms with Gasteiger partial charge in [-0.3, -0.25) is 0 Å². The Labute approximate surface area is 143 Å². The first-order valence-electron chi connectivity index (χ1n) is 7.23. The summed E-state index contributed by atoms with van der Waals surface area (Å²) in [4.78, 5) is 12.2. The number of aromatic nitrogens is 3. The van der Waals surface area contributed by atoms with Crippen LogP contribution >= 0.6 is 0 Å². The van der Waals surface area contributed by atoms with E-state index in [1.807, 2.05) is 0 Å². The third-order valence-corrected chi connectivity index (χ3v) is 2.98. The number of H-pyrrole nitrogens is 1. The van der Waals surface area contributed by atoms with E-state index in [0.717, 1.165) is 7.11 Å². The van der Waals surface area contributed by atoms with Crippen LogP contribution in [0.5, 0.6) is 11.5 Å². The van der Waals surface area contributed by atoms with Crippen molar-refractivity contribution in [2.75, 3.05) is 7.11 Å². The summed E-state index contributed by atoms with van der Waals surface area (Å²) in [7, 11) is 1.00. The zero-order valence-electron chi connectivity index (χ0n) is 13.4. The molecule has 0 atom stereocenters. The minimum Gasteiger partial charge on any atom is -0.507 e. The van der Waals surface area contributed by atoms with Crippen LogP contribution < -0.4 is 0 Å². The van der Waals surface area contributed by atoms with E-state index in [-0.39, 0.29) is 23.4 Å². The lowest BCUT2D eigenvalue weighted by Crippen LogP contribution is -1.81. The van der Waals surface area contributed by atoms with Gasteiger partial charge < -0.3 is 15.3 Å². The zero-order valence-corrected chi connectivity index (χ0v) is 13.4. The Morgan fingerprint density at radius 2 is 1.36 bits per heavy atom. The van der Waals surface area contributed by atoms with E-state index in [1.165, 1.54) is 12.4 Å². The number of rotatable bonds is 4. The molecule has 0 radical (unpaired) electrons. The van der Waals surface area contributed by atoms with Crippen LogP contribution in [0.1, 0.15) is 11.1 Å². The zero-order chi connectivity index (χ0) is 18.1. The maximum Gasteiger partial charge on any atom is 0.269 e. The number of aliphatic imine (C=N–C) groups is 2. The number of hydrogen-bond acceptors (Lipinski definition) is 7. The number of aliphatic hydroxyl groups is 1. The number of nitrogens with one attached hydrogen (secondary N) is 1. The van der Waals surface area contributed by atoms with E-state index in [2.05, 4.69) is 25.2 Å². The van der Waals surface area contributed by atoms with Crippen molar-refractivity contribution in [2.24, 2.45) is 9.98 Å². The highest BCUT2D eigenvalue weighted by Gasteiger charge is 2.01. The fraction of sp³-hybridized carbons (Fsp3) is 0.0588. The van der Waals surface area contributed by atoms with Crippen LogP contribution in [0.15, 0.2) is 58.5 Å². The molecule has 0 aliphatic carbocycles. The van der Waals surface area contributed by atoms with Gasteiger partial charge in [0.1, 0.15) is 11.5 Å². The van der Waals surface area contributed by atoms with Crippen LogP contribution in [-0.2, 0) is 0 Å². The number of aromatic amines is 1. The van der Waals surface area contributed by atoms with Crippen molar-refractivity contribution >= 4 is 24.3 Å². The summed E-state index contributed by atoms with van der Waals surface area (Å²) in [5, 5.41) is 32.8. The molecule has 0 amide bonds. The molecule has 2 aromatic carbocycles. The minimum absolute atomic E-state index is 0.129. The fourth-order valence-corrected chi connectivity index (χ4v) is 1.81. The van der Waals surface area contributed by atoms with Crippen molar-refractivity contribution in [3.63, 3.8) is 0 Å². The SMILES string of the molecule is CO.Oc1ccccc1/C=N/c1n[nH]c(/N=C/c2ccccc2O)n1. The van der Waals surface area contributed by atoms with Gasteiger partial charge in [-0.1, -0.05) is 24.3 Å². The average Bonchev–Trinajstić information content (AvgIpc) is 3.10. The number of benzene rings is 2. The molecule has 8 heteroatoms. The molecule has 3 rings (SSSR count). The summed E-state index contributed by atoms with van der Waals surface area (Å²) in [5.74, 6) is 0.716. The lowest BCUT2D eigenvalue weighted by atomic mass is 10.2. The second kappa shape index (κ2) is 8.94. The summed E-state index contributed by atoms with van der Waals surface area (Å²) < 4.78 is 0. The topological polar surface area (TPSA) is 127 Å². The van der Waals surface area contributed by atoms with Crippen molar-refractivity contribution < 1.29 is 15.3 Å². The van der Waals surface area contributed by atoms with Crippen molar-refractivity contribution in [1.29, 1.82) is 0 Å². The quantitative estimate of drug-likeness (QED) is 0.543. The summed E-state index contributed by atoms with van der Waals surface area (Å²) >= 11 is 0. The van der Waals surface area contributed by atoms with Crippen molar-refractivity contribution in [3.8, 4) is 11.5 Å². The molecule has 0 spiro atoms. The van der Waals surface area contributed by atoms with Crippen molar-refractivity contribution in [3.05, 3.63) is 59.7 Å². The van der Waals surface area contributed by atoms with Crippen LogP contribution in [0.3, 0.4) is 0 Å². The van der Waals surface area contributed by atoms with E-state index in [0.29, 0.717) is 11.1 Å². The molecule has 3 aromatic rings. The van der Waals surface area contributed by atoms with Gasteiger partial charge in [0.2, 0.25) is 5.95 Å². The van der Waals surface area contributed by atoms with E-state index in [1.54, 1.807) is 48.5 Å². The highest BCUT2D eigenvalue weighted by Crippen LogP contribution is 2.16. The lowest BCUT2D eigenvalue weighted by Gasteiger charge is -1.95. The third-order valence-electron chi connectivity index (χ3n) is 2.98. The Bertz CT molecular complexity index is 804. The second-order valence-electron chi connectivity index (χ2n) is 4.59. The number of nitrogens with zero attached hydrogens (tertiary/aromatic N) is 4. The molecular formula is C17H17N5O3. The molecule has 0 aliphatic heterocycles. The van der Waals surface area contributed by atoms with Gasteiger partial charge in [-0.15, -0.1) is 5.10 Å². The van der Waals surface area contributed by atoms with Gasteiger partial charge in [-0.2, -0.15) is 4.98 Å². The Morgan fingerprint density at radius 3 is 1.92 bits per heavy atom. The van der Waals surface area contributed by atoms with E-state index >= 15 is 0 Å².